The second kappa shape index (κ2) is 6.47. The van der Waals surface area contributed by atoms with Gasteiger partial charge >= 0.3 is 0 Å². The van der Waals surface area contributed by atoms with Gasteiger partial charge in [-0.15, -0.1) is 0 Å². The Balaban J connectivity index is 2.00. The maximum absolute atomic E-state index is 11.9. The van der Waals surface area contributed by atoms with Gasteiger partial charge in [-0.05, 0) is 17.7 Å². The molecule has 0 bridgehead atoms. The molecule has 0 saturated heterocycles. The molecule has 108 valence electrons. The molecule has 7 heteroatoms. The zero-order chi connectivity index (χ0) is 15.2. The summed E-state index contributed by atoms with van der Waals surface area (Å²) >= 11 is 0. The molecular formula is C14H14N4O3. The van der Waals surface area contributed by atoms with Crippen LogP contribution in [0.5, 0.6) is 0 Å². The molecule has 0 aliphatic carbocycles. The van der Waals surface area contributed by atoms with E-state index in [0.717, 1.165) is 5.69 Å². The number of nitro benzene ring substituents is 1. The number of pyridine rings is 1. The molecule has 0 aliphatic heterocycles. The van der Waals surface area contributed by atoms with E-state index in [-0.39, 0.29) is 18.1 Å². The highest BCUT2D eigenvalue weighted by Gasteiger charge is 2.09. The van der Waals surface area contributed by atoms with Gasteiger partial charge in [0.25, 0.3) is 11.6 Å². The van der Waals surface area contributed by atoms with Crippen molar-refractivity contribution in [3.63, 3.8) is 0 Å². The van der Waals surface area contributed by atoms with Crippen LogP contribution in [-0.2, 0) is 6.54 Å². The molecule has 0 saturated carbocycles. The van der Waals surface area contributed by atoms with Crippen molar-refractivity contribution < 1.29 is 9.72 Å². The molecule has 1 aromatic heterocycles. The van der Waals surface area contributed by atoms with Crippen LogP contribution in [-0.4, -0.2) is 22.9 Å². The number of amides is 1. The van der Waals surface area contributed by atoms with Crippen LogP contribution in [0.1, 0.15) is 16.1 Å². The zero-order valence-corrected chi connectivity index (χ0v) is 11.4. The van der Waals surface area contributed by atoms with Gasteiger partial charge in [0.15, 0.2) is 0 Å². The van der Waals surface area contributed by atoms with Gasteiger partial charge in [-0.2, -0.15) is 0 Å². The van der Waals surface area contributed by atoms with E-state index in [1.54, 1.807) is 37.5 Å². The largest absolute Gasteiger partial charge is 0.387 e. The fourth-order valence-corrected chi connectivity index (χ4v) is 1.73. The van der Waals surface area contributed by atoms with Crippen LogP contribution < -0.4 is 10.6 Å². The van der Waals surface area contributed by atoms with Crippen molar-refractivity contribution in [2.75, 3.05) is 12.4 Å². The number of nitrogens with zero attached hydrogens (tertiary/aromatic N) is 2. The molecule has 2 N–H and O–H groups in total. The minimum Gasteiger partial charge on any atom is -0.387 e. The summed E-state index contributed by atoms with van der Waals surface area (Å²) in [6, 6.07) is 9.48. The van der Waals surface area contributed by atoms with Gasteiger partial charge in [-0.25, -0.2) is 4.98 Å². The van der Waals surface area contributed by atoms with E-state index in [0.29, 0.717) is 11.3 Å². The summed E-state index contributed by atoms with van der Waals surface area (Å²) in [5.74, 6) is -0.329. The number of carbonyl (C=O) groups is 1. The van der Waals surface area contributed by atoms with Crippen LogP contribution in [0, 0.1) is 10.1 Å². The Morgan fingerprint density at radius 1 is 1.33 bits per heavy atom. The van der Waals surface area contributed by atoms with Crippen molar-refractivity contribution in [1.29, 1.82) is 0 Å². The first-order chi connectivity index (χ1) is 10.1. The summed E-state index contributed by atoms with van der Waals surface area (Å²) in [4.78, 5) is 26.1. The Bertz CT molecular complexity index is 656. The lowest BCUT2D eigenvalue weighted by Crippen LogP contribution is -2.23. The molecule has 7 nitrogen and oxygen atoms in total. The van der Waals surface area contributed by atoms with Crippen molar-refractivity contribution in [1.82, 2.24) is 10.3 Å². The predicted molar refractivity (Wildman–Crippen MR) is 78.1 cm³/mol. The number of benzene rings is 1. The monoisotopic (exact) mass is 286 g/mol. The number of hydrogen-bond donors (Lipinski definition) is 2. The van der Waals surface area contributed by atoms with Gasteiger partial charge in [0, 0.05) is 25.7 Å². The lowest BCUT2D eigenvalue weighted by Gasteiger charge is -2.05. The Labute approximate surface area is 121 Å². The van der Waals surface area contributed by atoms with Gasteiger partial charge in [-0.3, -0.25) is 14.9 Å². The fourth-order valence-electron chi connectivity index (χ4n) is 1.73. The Morgan fingerprint density at radius 2 is 2.14 bits per heavy atom. The van der Waals surface area contributed by atoms with Crippen LogP contribution in [0.15, 0.2) is 42.6 Å². The third-order valence-corrected chi connectivity index (χ3v) is 2.86. The highest BCUT2D eigenvalue weighted by atomic mass is 16.6. The zero-order valence-electron chi connectivity index (χ0n) is 11.4. The lowest BCUT2D eigenvalue weighted by molar-refractivity contribution is -0.384. The van der Waals surface area contributed by atoms with E-state index in [1.807, 2.05) is 0 Å². The number of carbonyl (C=O) groups excluding carboxylic acids is 1. The Kier molecular flexibility index (Phi) is 4.45. The number of hydrogen-bond acceptors (Lipinski definition) is 5. The smallest absolute Gasteiger partial charge is 0.270 e. The molecule has 0 aliphatic rings. The molecule has 2 aromatic rings. The topological polar surface area (TPSA) is 97.2 Å². The van der Waals surface area contributed by atoms with Gasteiger partial charge in [-0.1, -0.05) is 12.1 Å². The molecule has 0 atom stereocenters. The number of nitro groups is 1. The van der Waals surface area contributed by atoms with E-state index in [4.69, 9.17) is 0 Å². The first-order valence-corrected chi connectivity index (χ1v) is 6.25. The summed E-state index contributed by atoms with van der Waals surface area (Å²) in [6.45, 7) is 0.204. The second-order valence-electron chi connectivity index (χ2n) is 4.29. The minimum absolute atomic E-state index is 0.00162. The second-order valence-corrected chi connectivity index (χ2v) is 4.29. The van der Waals surface area contributed by atoms with Gasteiger partial charge in [0.05, 0.1) is 16.8 Å². The molecule has 0 unspecified atom stereocenters. The third kappa shape index (κ3) is 3.75. The summed E-state index contributed by atoms with van der Waals surface area (Å²) in [6.07, 6.45) is 1.56. The summed E-state index contributed by atoms with van der Waals surface area (Å²) < 4.78 is 0. The van der Waals surface area contributed by atoms with Crippen molar-refractivity contribution in [3.8, 4) is 0 Å². The standard InChI is InChI=1S/C14H14N4O3/c1-15-11-5-6-13(16-9-11)14(19)17-8-10-3-2-4-12(7-10)18(20)21/h2-7,9,15H,8H2,1H3,(H,17,19). The molecule has 1 aromatic carbocycles. The lowest BCUT2D eigenvalue weighted by atomic mass is 10.2. The third-order valence-electron chi connectivity index (χ3n) is 2.86. The van der Waals surface area contributed by atoms with E-state index >= 15 is 0 Å². The van der Waals surface area contributed by atoms with Gasteiger partial charge in [0.2, 0.25) is 0 Å². The minimum atomic E-state index is -0.469. The fraction of sp³-hybridized carbons (Fsp3) is 0.143. The van der Waals surface area contributed by atoms with Crippen molar-refractivity contribution in [2.45, 2.75) is 6.54 Å². The first-order valence-electron chi connectivity index (χ1n) is 6.25. The molecular weight excluding hydrogens is 272 g/mol. The maximum Gasteiger partial charge on any atom is 0.270 e. The summed E-state index contributed by atoms with van der Waals surface area (Å²) in [5, 5.41) is 16.3. The van der Waals surface area contributed by atoms with E-state index in [2.05, 4.69) is 15.6 Å². The molecule has 1 amide bonds. The van der Waals surface area contributed by atoms with Crippen molar-refractivity contribution >= 4 is 17.3 Å². The number of anilines is 1. The SMILES string of the molecule is CNc1ccc(C(=O)NCc2cccc([N+](=O)[O-])c2)nc1. The van der Waals surface area contributed by atoms with Gasteiger partial charge in [0.1, 0.15) is 5.69 Å². The van der Waals surface area contributed by atoms with E-state index in [9.17, 15) is 14.9 Å². The highest BCUT2D eigenvalue weighted by molar-refractivity contribution is 5.92. The normalized spacial score (nSPS) is 9.95. The molecule has 2 rings (SSSR count). The molecule has 0 radical (unpaired) electrons. The quantitative estimate of drug-likeness (QED) is 0.647. The van der Waals surface area contributed by atoms with E-state index < -0.39 is 4.92 Å². The van der Waals surface area contributed by atoms with Gasteiger partial charge < -0.3 is 10.6 Å². The molecule has 1 heterocycles. The number of rotatable bonds is 5. The highest BCUT2D eigenvalue weighted by Crippen LogP contribution is 2.13. The van der Waals surface area contributed by atoms with Crippen LogP contribution in [0.3, 0.4) is 0 Å². The van der Waals surface area contributed by atoms with Crippen LogP contribution in [0.4, 0.5) is 11.4 Å². The van der Waals surface area contributed by atoms with Crippen molar-refractivity contribution in [3.05, 3.63) is 64.0 Å². The summed E-state index contributed by atoms with van der Waals surface area (Å²) in [7, 11) is 1.76. The Hall–Kier alpha value is -2.96. The Morgan fingerprint density at radius 3 is 2.76 bits per heavy atom. The molecule has 0 fully saturated rings. The first kappa shape index (κ1) is 14.4. The molecule has 0 spiro atoms. The average Bonchev–Trinajstić information content (AvgIpc) is 2.53. The number of aromatic nitrogens is 1. The average molecular weight is 286 g/mol. The van der Waals surface area contributed by atoms with Crippen molar-refractivity contribution in [2.24, 2.45) is 0 Å². The van der Waals surface area contributed by atoms with Crippen LogP contribution in [0.25, 0.3) is 0 Å². The molecule has 21 heavy (non-hydrogen) atoms. The van der Waals surface area contributed by atoms with E-state index in [1.165, 1.54) is 12.1 Å². The number of nitrogens with one attached hydrogen (secondary N) is 2. The maximum atomic E-state index is 11.9. The van der Waals surface area contributed by atoms with Crippen LogP contribution in [0.2, 0.25) is 0 Å². The number of non-ortho nitro benzene ring substituents is 1. The van der Waals surface area contributed by atoms with Crippen LogP contribution >= 0.6 is 0 Å². The summed E-state index contributed by atoms with van der Waals surface area (Å²) in [5.41, 5.74) is 1.76. The predicted octanol–water partition coefficient (Wildman–Crippen LogP) is 1.96.